The van der Waals surface area contributed by atoms with Gasteiger partial charge in [-0.25, -0.2) is 4.98 Å². The summed E-state index contributed by atoms with van der Waals surface area (Å²) in [5.41, 5.74) is 2.04. The number of carbonyl (C=O) groups is 1. The summed E-state index contributed by atoms with van der Waals surface area (Å²) in [4.78, 5) is 21.6. The first-order chi connectivity index (χ1) is 9.75. The summed E-state index contributed by atoms with van der Waals surface area (Å²) < 4.78 is 0. The van der Waals surface area contributed by atoms with Crippen LogP contribution in [0.15, 0.2) is 36.5 Å². The van der Waals surface area contributed by atoms with Crippen LogP contribution < -0.4 is 0 Å². The molecule has 1 amide bonds. The van der Waals surface area contributed by atoms with E-state index in [2.05, 4.69) is 9.97 Å². The zero-order chi connectivity index (χ0) is 13.9. The zero-order valence-electron chi connectivity index (χ0n) is 11.7. The summed E-state index contributed by atoms with van der Waals surface area (Å²) in [5.74, 6) is 1.03. The number of carbonyl (C=O) groups excluding carboxylic acids is 1. The van der Waals surface area contributed by atoms with Gasteiger partial charge < -0.3 is 9.88 Å². The Hall–Kier alpha value is -2.10. The molecule has 0 aliphatic carbocycles. The SMILES string of the molecule is CC(=O)N1CCCCC1c1nc(-c2ccccc2)c[nH]1. The van der Waals surface area contributed by atoms with Crippen LogP contribution in [0.5, 0.6) is 0 Å². The smallest absolute Gasteiger partial charge is 0.220 e. The first-order valence-corrected chi connectivity index (χ1v) is 7.13. The molecule has 1 aliphatic heterocycles. The summed E-state index contributed by atoms with van der Waals surface area (Å²) in [6.45, 7) is 2.47. The highest BCUT2D eigenvalue weighted by atomic mass is 16.2. The van der Waals surface area contributed by atoms with Gasteiger partial charge in [-0.2, -0.15) is 0 Å². The number of piperidine rings is 1. The third-order valence-corrected chi connectivity index (χ3v) is 3.89. The average molecular weight is 269 g/mol. The lowest BCUT2D eigenvalue weighted by Gasteiger charge is -2.33. The summed E-state index contributed by atoms with van der Waals surface area (Å²) in [5, 5.41) is 0. The van der Waals surface area contributed by atoms with Crippen LogP contribution in [-0.2, 0) is 4.79 Å². The Morgan fingerprint density at radius 1 is 1.30 bits per heavy atom. The quantitative estimate of drug-likeness (QED) is 0.910. The fraction of sp³-hybridized carbons (Fsp3) is 0.375. The number of amides is 1. The van der Waals surface area contributed by atoms with Crippen molar-refractivity contribution in [3.63, 3.8) is 0 Å². The molecular formula is C16H19N3O. The number of rotatable bonds is 2. The molecule has 1 aromatic heterocycles. The van der Waals surface area contributed by atoms with Crippen molar-refractivity contribution in [2.75, 3.05) is 6.54 Å². The Kier molecular flexibility index (Phi) is 3.54. The van der Waals surface area contributed by atoms with E-state index in [1.165, 1.54) is 0 Å². The van der Waals surface area contributed by atoms with Gasteiger partial charge in [-0.3, -0.25) is 4.79 Å². The van der Waals surface area contributed by atoms with Crippen LogP contribution in [0, 0.1) is 0 Å². The van der Waals surface area contributed by atoms with Gasteiger partial charge in [0, 0.05) is 25.2 Å². The summed E-state index contributed by atoms with van der Waals surface area (Å²) in [7, 11) is 0. The van der Waals surface area contributed by atoms with E-state index >= 15 is 0 Å². The van der Waals surface area contributed by atoms with Gasteiger partial charge in [0.25, 0.3) is 0 Å². The van der Waals surface area contributed by atoms with Crippen molar-refractivity contribution in [1.29, 1.82) is 0 Å². The number of nitrogens with zero attached hydrogens (tertiary/aromatic N) is 2. The first-order valence-electron chi connectivity index (χ1n) is 7.13. The molecule has 1 atom stereocenters. The maximum Gasteiger partial charge on any atom is 0.220 e. The van der Waals surface area contributed by atoms with Crippen molar-refractivity contribution >= 4 is 5.91 Å². The van der Waals surface area contributed by atoms with E-state index in [1.807, 2.05) is 41.4 Å². The number of nitrogens with one attached hydrogen (secondary N) is 1. The minimum absolute atomic E-state index is 0.0960. The Morgan fingerprint density at radius 3 is 2.85 bits per heavy atom. The molecule has 2 aromatic rings. The van der Waals surface area contributed by atoms with Crippen LogP contribution in [0.3, 0.4) is 0 Å². The Labute approximate surface area is 118 Å². The highest BCUT2D eigenvalue weighted by molar-refractivity contribution is 5.73. The third-order valence-electron chi connectivity index (χ3n) is 3.89. The molecule has 4 nitrogen and oxygen atoms in total. The summed E-state index contributed by atoms with van der Waals surface area (Å²) in [6, 6.07) is 10.2. The maximum atomic E-state index is 11.7. The number of likely N-dealkylation sites (tertiary alicyclic amines) is 1. The molecule has 1 N–H and O–H groups in total. The van der Waals surface area contributed by atoms with Crippen LogP contribution in [-0.4, -0.2) is 27.3 Å². The van der Waals surface area contributed by atoms with Crippen LogP contribution in [0.4, 0.5) is 0 Å². The van der Waals surface area contributed by atoms with Crippen LogP contribution in [0.25, 0.3) is 11.3 Å². The molecule has 20 heavy (non-hydrogen) atoms. The van der Waals surface area contributed by atoms with Crippen molar-refractivity contribution in [3.05, 3.63) is 42.4 Å². The monoisotopic (exact) mass is 269 g/mol. The second kappa shape index (κ2) is 5.49. The van der Waals surface area contributed by atoms with Gasteiger partial charge in [0.1, 0.15) is 5.82 Å². The topological polar surface area (TPSA) is 49.0 Å². The normalized spacial score (nSPS) is 19.1. The lowest BCUT2D eigenvalue weighted by atomic mass is 10.0. The van der Waals surface area contributed by atoms with E-state index in [9.17, 15) is 4.79 Å². The minimum atomic E-state index is 0.0960. The molecule has 0 bridgehead atoms. The van der Waals surface area contributed by atoms with Crippen molar-refractivity contribution in [3.8, 4) is 11.3 Å². The molecule has 3 rings (SSSR count). The molecule has 1 unspecified atom stereocenters. The lowest BCUT2D eigenvalue weighted by molar-refractivity contribution is -0.132. The number of aromatic amines is 1. The van der Waals surface area contributed by atoms with Crippen molar-refractivity contribution in [2.24, 2.45) is 0 Å². The van der Waals surface area contributed by atoms with Gasteiger partial charge in [0.05, 0.1) is 11.7 Å². The Bertz CT molecular complexity index is 591. The molecule has 4 heteroatoms. The van der Waals surface area contributed by atoms with E-state index in [0.717, 1.165) is 42.9 Å². The largest absolute Gasteiger partial charge is 0.346 e. The minimum Gasteiger partial charge on any atom is -0.346 e. The number of hydrogen-bond donors (Lipinski definition) is 1. The van der Waals surface area contributed by atoms with E-state index in [-0.39, 0.29) is 11.9 Å². The molecule has 1 saturated heterocycles. The third kappa shape index (κ3) is 2.46. The van der Waals surface area contributed by atoms with Crippen molar-refractivity contribution < 1.29 is 4.79 Å². The molecule has 0 saturated carbocycles. The average Bonchev–Trinajstić information content (AvgIpc) is 2.98. The van der Waals surface area contributed by atoms with Crippen molar-refractivity contribution in [2.45, 2.75) is 32.2 Å². The van der Waals surface area contributed by atoms with Crippen LogP contribution >= 0.6 is 0 Å². The summed E-state index contributed by atoms with van der Waals surface area (Å²) >= 11 is 0. The standard InChI is InChI=1S/C16H19N3O/c1-12(20)19-10-6-5-9-15(19)16-17-11-14(18-16)13-7-3-2-4-8-13/h2-4,7-8,11,15H,5-6,9-10H2,1H3,(H,17,18). The van der Waals surface area contributed by atoms with Gasteiger partial charge in [0.15, 0.2) is 0 Å². The number of benzene rings is 1. The predicted octanol–water partition coefficient (Wildman–Crippen LogP) is 3.15. The molecule has 0 spiro atoms. The van der Waals surface area contributed by atoms with Gasteiger partial charge in [-0.15, -0.1) is 0 Å². The van der Waals surface area contributed by atoms with E-state index in [4.69, 9.17) is 0 Å². The number of aromatic nitrogens is 2. The van der Waals surface area contributed by atoms with Crippen LogP contribution in [0.2, 0.25) is 0 Å². The van der Waals surface area contributed by atoms with Crippen molar-refractivity contribution in [1.82, 2.24) is 14.9 Å². The molecule has 0 radical (unpaired) electrons. The van der Waals surface area contributed by atoms with E-state index in [0.29, 0.717) is 0 Å². The predicted molar refractivity (Wildman–Crippen MR) is 78.0 cm³/mol. The fourth-order valence-corrected chi connectivity index (χ4v) is 2.86. The molecule has 1 aliphatic rings. The van der Waals surface area contributed by atoms with Gasteiger partial charge in [-0.05, 0) is 19.3 Å². The molecule has 104 valence electrons. The number of H-pyrrole nitrogens is 1. The zero-order valence-corrected chi connectivity index (χ0v) is 11.7. The molecule has 1 fully saturated rings. The second-order valence-corrected chi connectivity index (χ2v) is 5.26. The maximum absolute atomic E-state index is 11.7. The molecular weight excluding hydrogens is 250 g/mol. The van der Waals surface area contributed by atoms with E-state index < -0.39 is 0 Å². The molecule has 1 aromatic carbocycles. The Balaban J connectivity index is 1.87. The lowest BCUT2D eigenvalue weighted by Crippen LogP contribution is -2.37. The van der Waals surface area contributed by atoms with Gasteiger partial charge in [0.2, 0.25) is 5.91 Å². The van der Waals surface area contributed by atoms with E-state index in [1.54, 1.807) is 6.92 Å². The number of hydrogen-bond acceptors (Lipinski definition) is 2. The van der Waals surface area contributed by atoms with Crippen LogP contribution in [0.1, 0.15) is 38.1 Å². The second-order valence-electron chi connectivity index (χ2n) is 5.26. The Morgan fingerprint density at radius 2 is 2.10 bits per heavy atom. The molecule has 2 heterocycles. The van der Waals surface area contributed by atoms with Gasteiger partial charge in [-0.1, -0.05) is 30.3 Å². The highest BCUT2D eigenvalue weighted by Crippen LogP contribution is 2.30. The number of imidazole rings is 1. The fourth-order valence-electron chi connectivity index (χ4n) is 2.86. The highest BCUT2D eigenvalue weighted by Gasteiger charge is 2.28. The first kappa shape index (κ1) is 12.9. The summed E-state index contributed by atoms with van der Waals surface area (Å²) in [6.07, 6.45) is 5.15. The van der Waals surface area contributed by atoms with Gasteiger partial charge >= 0.3 is 0 Å².